The highest BCUT2D eigenvalue weighted by Crippen LogP contribution is 2.38. The number of morpholine rings is 1. The summed E-state index contributed by atoms with van der Waals surface area (Å²) in [5.41, 5.74) is -0.728. The summed E-state index contributed by atoms with van der Waals surface area (Å²) in [4.78, 5) is 34.9. The van der Waals surface area contributed by atoms with Gasteiger partial charge in [0, 0.05) is 75.1 Å². The summed E-state index contributed by atoms with van der Waals surface area (Å²) in [5, 5.41) is 0.658. The van der Waals surface area contributed by atoms with Crippen LogP contribution in [0.4, 0.5) is 23.4 Å². The van der Waals surface area contributed by atoms with Gasteiger partial charge in [-0.25, -0.2) is 17.6 Å². The van der Waals surface area contributed by atoms with E-state index in [9.17, 15) is 18.0 Å². The molecule has 286 valence electrons. The smallest absolute Gasteiger partial charge is 0.318 e. The van der Waals surface area contributed by atoms with Crippen molar-refractivity contribution in [2.24, 2.45) is 0 Å². The number of nitrogens with zero attached hydrogens (tertiary/aromatic N) is 7. The number of ether oxygens (including phenoxy) is 3. The summed E-state index contributed by atoms with van der Waals surface area (Å²) in [6.45, 7) is 7.48. The zero-order valence-corrected chi connectivity index (χ0v) is 30.2. The number of halogens is 4. The molecule has 1 amide bonds. The molecule has 0 saturated carbocycles. The maximum atomic E-state index is 16.3. The maximum absolute atomic E-state index is 16.3. The monoisotopic (exact) mass is 749 g/mol. The molecule has 1 spiro atoms. The summed E-state index contributed by atoms with van der Waals surface area (Å²) in [6.07, 6.45) is 7.76. The Bertz CT molecular complexity index is 2050. The lowest BCUT2D eigenvalue weighted by Crippen LogP contribution is -2.72. The lowest BCUT2D eigenvalue weighted by Gasteiger charge is -2.55. The number of fused-ring (bicyclic) bond motifs is 3. The van der Waals surface area contributed by atoms with E-state index < -0.39 is 29.2 Å². The van der Waals surface area contributed by atoms with Gasteiger partial charge in [0.1, 0.15) is 28.7 Å². The first-order chi connectivity index (χ1) is 26.2. The van der Waals surface area contributed by atoms with Crippen LogP contribution in [0, 0.1) is 17.5 Å². The van der Waals surface area contributed by atoms with E-state index >= 15 is 4.39 Å². The maximum Gasteiger partial charge on any atom is 0.318 e. The lowest BCUT2D eigenvalue weighted by atomic mass is 9.91. The van der Waals surface area contributed by atoms with Crippen LogP contribution in [0.2, 0.25) is 0 Å². The number of rotatable bonds is 6. The number of pyridine rings is 1. The quantitative estimate of drug-likeness (QED) is 0.203. The van der Waals surface area contributed by atoms with Gasteiger partial charge in [-0.15, -0.1) is 0 Å². The van der Waals surface area contributed by atoms with Crippen LogP contribution in [0.15, 0.2) is 48.7 Å². The first kappa shape index (κ1) is 36.5. The van der Waals surface area contributed by atoms with Gasteiger partial charge < -0.3 is 24.0 Å². The number of aromatic nitrogens is 3. The Kier molecular flexibility index (Phi) is 10.4. The van der Waals surface area contributed by atoms with Crippen LogP contribution in [-0.2, 0) is 14.3 Å². The van der Waals surface area contributed by atoms with Gasteiger partial charge in [0.2, 0.25) is 5.91 Å². The topological polar surface area (TPSA) is 96.4 Å². The molecule has 5 aliphatic rings. The van der Waals surface area contributed by atoms with Gasteiger partial charge in [-0.3, -0.25) is 19.6 Å². The van der Waals surface area contributed by atoms with Crippen molar-refractivity contribution >= 4 is 33.4 Å². The van der Waals surface area contributed by atoms with E-state index in [-0.39, 0.29) is 34.1 Å². The second-order valence-corrected chi connectivity index (χ2v) is 14.5. The van der Waals surface area contributed by atoms with Crippen LogP contribution in [0.3, 0.4) is 0 Å². The molecule has 11 nitrogen and oxygen atoms in total. The van der Waals surface area contributed by atoms with E-state index in [4.69, 9.17) is 14.2 Å². The largest absolute Gasteiger partial charge is 0.467 e. The van der Waals surface area contributed by atoms with Crippen LogP contribution in [-0.4, -0.2) is 139 Å². The SMILES string of the molecule is COc1nc(N2CCN(C(=O)/C=C/CN3CCOCC3)C3(COC3)C2)c2cnc(-c3cccc4ccc(F)c(F)c34)c(F)c2n1.F[C@@H]1CC2CCCN2C1. The van der Waals surface area contributed by atoms with Crippen molar-refractivity contribution in [2.75, 3.05) is 90.8 Å². The molecule has 7 heterocycles. The first-order valence-corrected chi connectivity index (χ1v) is 18.5. The molecule has 5 fully saturated rings. The second kappa shape index (κ2) is 15.4. The number of benzene rings is 2. The van der Waals surface area contributed by atoms with Gasteiger partial charge in [-0.05, 0) is 37.3 Å². The average molecular weight is 750 g/mol. The number of alkyl halides is 1. The standard InChI is InChI=1S/C32H31F3N6O4.C7H12FN/c1-43-31-37-29-22(16-36-28(27(29)35)21-5-2-4-20-7-8-23(33)26(34)25(20)21)30(38-31)40-10-11-41(32(17-40)18-45-19-32)24(42)6-3-9-39-12-14-44-15-13-39;8-6-4-7-2-1-3-9(7)5-6/h2-8,16H,9-15,17-19H2,1H3;6-7H,1-5H2/b6-3+;/t;6-,7?/m.1/s1. The minimum Gasteiger partial charge on any atom is -0.467 e. The predicted octanol–water partition coefficient (Wildman–Crippen LogP) is 4.77. The molecule has 5 aliphatic heterocycles. The first-order valence-electron chi connectivity index (χ1n) is 18.5. The summed E-state index contributed by atoms with van der Waals surface area (Å²) in [6, 6.07) is 7.76. The van der Waals surface area contributed by atoms with Gasteiger partial charge in [0.25, 0.3) is 0 Å². The molecule has 9 rings (SSSR count). The molecular weight excluding hydrogens is 706 g/mol. The van der Waals surface area contributed by atoms with Crippen molar-refractivity contribution in [1.29, 1.82) is 0 Å². The van der Waals surface area contributed by atoms with Crippen molar-refractivity contribution in [3.8, 4) is 17.3 Å². The van der Waals surface area contributed by atoms with Crippen LogP contribution < -0.4 is 9.64 Å². The van der Waals surface area contributed by atoms with Gasteiger partial charge in [-0.1, -0.05) is 30.3 Å². The van der Waals surface area contributed by atoms with E-state index in [0.29, 0.717) is 81.8 Å². The zero-order valence-electron chi connectivity index (χ0n) is 30.2. The highest BCUT2D eigenvalue weighted by atomic mass is 19.2. The fraction of sp³-hybridized carbons (Fsp3) is 0.487. The number of hydrogen-bond acceptors (Lipinski definition) is 10. The molecule has 0 radical (unpaired) electrons. The summed E-state index contributed by atoms with van der Waals surface area (Å²) in [5.74, 6) is -2.63. The van der Waals surface area contributed by atoms with E-state index in [1.807, 2.05) is 15.9 Å². The summed E-state index contributed by atoms with van der Waals surface area (Å²) < 4.78 is 74.4. The Morgan fingerprint density at radius 2 is 1.85 bits per heavy atom. The Morgan fingerprint density at radius 1 is 1.02 bits per heavy atom. The van der Waals surface area contributed by atoms with Crippen molar-refractivity contribution in [3.63, 3.8) is 0 Å². The Balaban J connectivity index is 0.000000399. The van der Waals surface area contributed by atoms with Crippen molar-refractivity contribution < 1.29 is 36.6 Å². The Hall–Kier alpha value is -4.44. The van der Waals surface area contributed by atoms with Crippen LogP contribution in [0.5, 0.6) is 6.01 Å². The number of carbonyl (C=O) groups is 1. The number of carbonyl (C=O) groups excluding carboxylic acids is 1. The number of hydrogen-bond donors (Lipinski definition) is 0. The van der Waals surface area contributed by atoms with Crippen molar-refractivity contribution in [3.05, 3.63) is 66.1 Å². The fourth-order valence-electron chi connectivity index (χ4n) is 8.34. The molecule has 54 heavy (non-hydrogen) atoms. The fourth-order valence-corrected chi connectivity index (χ4v) is 8.34. The van der Waals surface area contributed by atoms with E-state index in [1.165, 1.54) is 38.3 Å². The highest BCUT2D eigenvalue weighted by Gasteiger charge is 2.50. The zero-order chi connectivity index (χ0) is 37.4. The molecular formula is C39H43F4N7O4. The highest BCUT2D eigenvalue weighted by molar-refractivity contribution is 5.99. The third-order valence-electron chi connectivity index (χ3n) is 11.2. The molecule has 2 aromatic heterocycles. The third-order valence-corrected chi connectivity index (χ3v) is 11.2. The van der Waals surface area contributed by atoms with Gasteiger partial charge in [0.15, 0.2) is 17.5 Å². The number of methoxy groups -OCH3 is 1. The molecule has 4 aromatic rings. The van der Waals surface area contributed by atoms with Gasteiger partial charge in [0.05, 0.1) is 38.9 Å². The lowest BCUT2D eigenvalue weighted by molar-refractivity contribution is -0.164. The molecule has 2 aromatic carbocycles. The number of anilines is 1. The number of piperazine rings is 1. The minimum atomic E-state index is -1.08. The normalized spacial score (nSPS) is 22.8. The van der Waals surface area contributed by atoms with E-state index in [2.05, 4.69) is 24.8 Å². The summed E-state index contributed by atoms with van der Waals surface area (Å²) in [7, 11) is 1.38. The van der Waals surface area contributed by atoms with Gasteiger partial charge >= 0.3 is 6.01 Å². The predicted molar refractivity (Wildman–Crippen MR) is 195 cm³/mol. The van der Waals surface area contributed by atoms with Crippen molar-refractivity contribution in [2.45, 2.75) is 37.0 Å². The molecule has 0 bridgehead atoms. The van der Waals surface area contributed by atoms with Crippen LogP contribution in [0.1, 0.15) is 19.3 Å². The Morgan fingerprint density at radius 3 is 2.61 bits per heavy atom. The van der Waals surface area contributed by atoms with E-state index in [1.54, 1.807) is 18.2 Å². The van der Waals surface area contributed by atoms with E-state index in [0.717, 1.165) is 32.1 Å². The Labute approximate surface area is 310 Å². The second-order valence-electron chi connectivity index (χ2n) is 14.5. The molecule has 0 aliphatic carbocycles. The molecule has 2 atom stereocenters. The summed E-state index contributed by atoms with van der Waals surface area (Å²) >= 11 is 0. The molecule has 5 saturated heterocycles. The van der Waals surface area contributed by atoms with Crippen molar-refractivity contribution in [1.82, 2.24) is 29.7 Å². The third kappa shape index (κ3) is 6.98. The molecule has 15 heteroatoms. The minimum absolute atomic E-state index is 0.0628. The molecule has 0 N–H and O–H groups in total. The van der Waals surface area contributed by atoms with Crippen LogP contribution >= 0.6 is 0 Å². The number of amides is 1. The molecule has 1 unspecified atom stereocenters. The van der Waals surface area contributed by atoms with Crippen LogP contribution in [0.25, 0.3) is 32.9 Å². The average Bonchev–Trinajstić information content (AvgIpc) is 3.77. The van der Waals surface area contributed by atoms with Gasteiger partial charge in [-0.2, -0.15) is 9.97 Å².